The maximum atomic E-state index is 13.6. The molecule has 0 aliphatic heterocycles. The summed E-state index contributed by atoms with van der Waals surface area (Å²) in [6, 6.07) is 20.0. The molecule has 4 atom stereocenters. The van der Waals surface area contributed by atoms with E-state index in [1.54, 1.807) is 69.3 Å². The van der Waals surface area contributed by atoms with Crippen LogP contribution < -0.4 is 25.4 Å². The second kappa shape index (κ2) is 18.4. The Kier molecular flexibility index (Phi) is 14.4. The van der Waals surface area contributed by atoms with Gasteiger partial charge in [0.2, 0.25) is 11.8 Å². The number of hydrogen-bond donors (Lipinski definition) is 4. The third-order valence-electron chi connectivity index (χ3n) is 7.16. The van der Waals surface area contributed by atoms with Gasteiger partial charge in [-0.2, -0.15) is 0 Å². The van der Waals surface area contributed by atoms with Gasteiger partial charge in [0.25, 0.3) is 0 Å². The molecule has 0 saturated carbocycles. The second-order valence-electron chi connectivity index (χ2n) is 12.4. The molecule has 3 aromatic rings. The SMILES string of the molecule is CCOc1ccc(C[C@H](NC(=O)[C@H](NC(=O)[C@H](Cc2ccc(OCc3ccccc3)cc2)NC(=O)OC(C)(C)C)[C@@H](C)O)C(=O)OC)cc1. The second-order valence-corrected chi connectivity index (χ2v) is 12.4. The predicted molar refractivity (Wildman–Crippen MR) is 183 cm³/mol. The average Bonchev–Trinajstić information content (AvgIpc) is 3.06. The van der Waals surface area contributed by atoms with Gasteiger partial charge in [-0.1, -0.05) is 54.6 Å². The minimum Gasteiger partial charge on any atom is -0.494 e. The largest absolute Gasteiger partial charge is 0.494 e. The van der Waals surface area contributed by atoms with E-state index in [2.05, 4.69) is 16.0 Å². The van der Waals surface area contributed by atoms with Crippen molar-refractivity contribution < 1.29 is 43.2 Å². The molecule has 0 saturated heterocycles. The quantitative estimate of drug-likeness (QED) is 0.165. The number of alkyl carbamates (subject to hydrolysis) is 1. The highest BCUT2D eigenvalue weighted by atomic mass is 16.6. The number of carbonyl (C=O) groups is 4. The third-order valence-corrected chi connectivity index (χ3v) is 7.16. The number of esters is 1. The zero-order valence-corrected chi connectivity index (χ0v) is 28.9. The number of nitrogens with one attached hydrogen (secondary N) is 3. The summed E-state index contributed by atoms with van der Waals surface area (Å²) in [6.45, 7) is 9.14. The summed E-state index contributed by atoms with van der Waals surface area (Å²) >= 11 is 0. The highest BCUT2D eigenvalue weighted by Gasteiger charge is 2.33. The molecular weight excluding hydrogens is 630 g/mol. The molecule has 12 heteroatoms. The number of aliphatic hydroxyl groups is 1. The number of amides is 3. The first-order valence-corrected chi connectivity index (χ1v) is 16.1. The Hall–Kier alpha value is -5.10. The summed E-state index contributed by atoms with van der Waals surface area (Å²) in [5, 5.41) is 18.3. The number of methoxy groups -OCH3 is 1. The molecule has 0 fully saturated rings. The van der Waals surface area contributed by atoms with Crippen molar-refractivity contribution in [3.05, 3.63) is 95.6 Å². The molecule has 0 aliphatic rings. The van der Waals surface area contributed by atoms with Crippen molar-refractivity contribution in [3.8, 4) is 11.5 Å². The van der Waals surface area contributed by atoms with Crippen molar-refractivity contribution in [1.29, 1.82) is 0 Å². The van der Waals surface area contributed by atoms with E-state index in [0.717, 1.165) is 11.1 Å². The van der Waals surface area contributed by atoms with E-state index >= 15 is 0 Å². The van der Waals surface area contributed by atoms with Crippen LogP contribution in [0, 0.1) is 0 Å². The maximum absolute atomic E-state index is 13.6. The van der Waals surface area contributed by atoms with E-state index in [1.165, 1.54) is 14.0 Å². The lowest BCUT2D eigenvalue weighted by atomic mass is 10.0. The Morgan fingerprint density at radius 3 is 1.78 bits per heavy atom. The van der Waals surface area contributed by atoms with Crippen molar-refractivity contribution in [2.75, 3.05) is 13.7 Å². The molecule has 3 rings (SSSR count). The van der Waals surface area contributed by atoms with Gasteiger partial charge >= 0.3 is 12.1 Å². The van der Waals surface area contributed by atoms with Crippen LogP contribution in [0.3, 0.4) is 0 Å². The van der Waals surface area contributed by atoms with Crippen LogP contribution in [0.2, 0.25) is 0 Å². The topological polar surface area (TPSA) is 162 Å². The smallest absolute Gasteiger partial charge is 0.408 e. The lowest BCUT2D eigenvalue weighted by Gasteiger charge is -2.27. The zero-order valence-electron chi connectivity index (χ0n) is 28.9. The van der Waals surface area contributed by atoms with E-state index < -0.39 is 53.7 Å². The first-order valence-electron chi connectivity index (χ1n) is 16.1. The van der Waals surface area contributed by atoms with Gasteiger partial charge in [0.1, 0.15) is 41.8 Å². The number of rotatable bonds is 16. The summed E-state index contributed by atoms with van der Waals surface area (Å²) < 4.78 is 21.6. The molecule has 3 aromatic carbocycles. The number of carbonyl (C=O) groups excluding carboxylic acids is 4. The maximum Gasteiger partial charge on any atom is 0.408 e. The number of hydrogen-bond acceptors (Lipinski definition) is 9. The average molecular weight is 678 g/mol. The van der Waals surface area contributed by atoms with E-state index in [4.69, 9.17) is 18.9 Å². The van der Waals surface area contributed by atoms with Crippen LogP contribution in [-0.4, -0.2) is 72.5 Å². The number of ether oxygens (including phenoxy) is 4. The minimum atomic E-state index is -1.48. The summed E-state index contributed by atoms with van der Waals surface area (Å²) in [6.07, 6.45) is -2.09. The van der Waals surface area contributed by atoms with Crippen LogP contribution in [-0.2, 0) is 43.3 Å². The molecule has 0 aromatic heterocycles. The molecule has 3 amide bonds. The van der Waals surface area contributed by atoms with E-state index in [0.29, 0.717) is 30.3 Å². The molecule has 0 spiro atoms. The van der Waals surface area contributed by atoms with Gasteiger partial charge in [-0.25, -0.2) is 9.59 Å². The molecule has 0 aliphatic carbocycles. The molecule has 0 heterocycles. The molecule has 4 N–H and O–H groups in total. The summed E-state index contributed by atoms with van der Waals surface area (Å²) in [7, 11) is 1.20. The fraction of sp³-hybridized carbons (Fsp3) is 0.405. The Balaban J connectivity index is 1.74. The Morgan fingerprint density at radius 2 is 1.27 bits per heavy atom. The monoisotopic (exact) mass is 677 g/mol. The normalized spacial score (nSPS) is 13.5. The summed E-state index contributed by atoms with van der Waals surface area (Å²) in [4.78, 5) is 52.5. The number of aliphatic hydroxyl groups excluding tert-OH is 1. The predicted octanol–water partition coefficient (Wildman–Crippen LogP) is 3.87. The summed E-state index contributed by atoms with van der Waals surface area (Å²) in [5.41, 5.74) is 1.57. The van der Waals surface area contributed by atoms with Gasteiger partial charge in [-0.05, 0) is 75.6 Å². The van der Waals surface area contributed by atoms with Gasteiger partial charge in [-0.15, -0.1) is 0 Å². The van der Waals surface area contributed by atoms with Crippen LogP contribution in [0.5, 0.6) is 11.5 Å². The Labute approximate surface area is 287 Å². The molecule has 0 unspecified atom stereocenters. The van der Waals surface area contributed by atoms with E-state index in [9.17, 15) is 24.3 Å². The van der Waals surface area contributed by atoms with Crippen LogP contribution in [0.1, 0.15) is 51.3 Å². The molecule has 49 heavy (non-hydrogen) atoms. The Morgan fingerprint density at radius 1 is 0.714 bits per heavy atom. The van der Waals surface area contributed by atoms with Crippen molar-refractivity contribution in [2.45, 2.75) is 83.9 Å². The molecule has 0 radical (unpaired) electrons. The van der Waals surface area contributed by atoms with E-state index in [-0.39, 0.29) is 12.8 Å². The van der Waals surface area contributed by atoms with Crippen LogP contribution in [0.25, 0.3) is 0 Å². The van der Waals surface area contributed by atoms with Gasteiger partial charge in [0.05, 0.1) is 19.8 Å². The van der Waals surface area contributed by atoms with Gasteiger partial charge in [-0.3, -0.25) is 9.59 Å². The number of benzene rings is 3. The highest BCUT2D eigenvalue weighted by Crippen LogP contribution is 2.17. The van der Waals surface area contributed by atoms with Gasteiger partial charge in [0, 0.05) is 12.8 Å². The van der Waals surface area contributed by atoms with Crippen LogP contribution in [0.15, 0.2) is 78.9 Å². The first kappa shape index (κ1) is 38.3. The third kappa shape index (κ3) is 13.1. The molecule has 264 valence electrons. The van der Waals surface area contributed by atoms with E-state index in [1.807, 2.05) is 37.3 Å². The van der Waals surface area contributed by atoms with Crippen molar-refractivity contribution in [3.63, 3.8) is 0 Å². The molecule has 12 nitrogen and oxygen atoms in total. The van der Waals surface area contributed by atoms with Crippen molar-refractivity contribution >= 4 is 23.9 Å². The standard InChI is InChI=1S/C37H47N3O9/c1-7-47-28-17-13-26(14-18-28)22-31(35(44)46-6)38-34(43)32(24(2)41)40-33(42)30(39-36(45)49-37(3,4)5)21-25-15-19-29(20-16-25)48-23-27-11-9-8-10-12-27/h8-20,24,30-32,41H,7,21-23H2,1-6H3,(H,38,43)(H,39,45)(H,40,42)/t24-,30+,31+,32-/m1/s1. The van der Waals surface area contributed by atoms with Crippen LogP contribution in [0.4, 0.5) is 4.79 Å². The van der Waals surface area contributed by atoms with Crippen molar-refractivity contribution in [1.82, 2.24) is 16.0 Å². The van der Waals surface area contributed by atoms with Crippen molar-refractivity contribution in [2.24, 2.45) is 0 Å². The minimum absolute atomic E-state index is 0.0285. The molecule has 0 bridgehead atoms. The lowest BCUT2D eigenvalue weighted by molar-refractivity contribution is -0.145. The fourth-order valence-corrected chi connectivity index (χ4v) is 4.74. The van der Waals surface area contributed by atoms with Gasteiger partial charge in [0.15, 0.2) is 0 Å². The van der Waals surface area contributed by atoms with Crippen LogP contribution >= 0.6 is 0 Å². The molecular formula is C37H47N3O9. The fourth-order valence-electron chi connectivity index (χ4n) is 4.74. The highest BCUT2D eigenvalue weighted by molar-refractivity contribution is 5.93. The lowest BCUT2D eigenvalue weighted by Crippen LogP contribution is -2.59. The zero-order chi connectivity index (χ0) is 36.0. The Bertz CT molecular complexity index is 1500. The first-order chi connectivity index (χ1) is 23.3. The summed E-state index contributed by atoms with van der Waals surface area (Å²) in [5.74, 6) is -1.01. The van der Waals surface area contributed by atoms with Gasteiger partial charge < -0.3 is 40.0 Å².